The van der Waals surface area contributed by atoms with Gasteiger partial charge in [0.25, 0.3) is 11.7 Å². The van der Waals surface area contributed by atoms with Crippen molar-refractivity contribution >= 4 is 17.4 Å². The quantitative estimate of drug-likeness (QED) is 0.221. The van der Waals surface area contributed by atoms with E-state index in [9.17, 15) is 14.7 Å². The van der Waals surface area contributed by atoms with Gasteiger partial charge in [0.05, 0.1) is 24.8 Å². The summed E-state index contributed by atoms with van der Waals surface area (Å²) in [7, 11) is 3.94. The van der Waals surface area contributed by atoms with Gasteiger partial charge < -0.3 is 29.1 Å². The molecule has 0 bridgehead atoms. The first-order chi connectivity index (χ1) is 19.1. The molecule has 0 aliphatic carbocycles. The van der Waals surface area contributed by atoms with E-state index >= 15 is 0 Å². The average molecular weight is 551 g/mol. The highest BCUT2D eigenvalue weighted by molar-refractivity contribution is 6.46. The van der Waals surface area contributed by atoms with Crippen LogP contribution in [0.25, 0.3) is 5.76 Å². The number of fused-ring (bicyclic) bond motifs is 1. The molecule has 2 atom stereocenters. The molecule has 1 fully saturated rings. The van der Waals surface area contributed by atoms with Crippen LogP contribution in [0.2, 0.25) is 0 Å². The molecule has 2 aliphatic heterocycles. The fourth-order valence-electron chi connectivity index (χ4n) is 5.23. The number of ether oxygens (including phenoxy) is 3. The Balaban J connectivity index is 1.77. The summed E-state index contributed by atoms with van der Waals surface area (Å²) in [6.45, 7) is 10.3. The predicted octanol–water partition coefficient (Wildman–Crippen LogP) is 5.21. The summed E-state index contributed by atoms with van der Waals surface area (Å²) in [5, 5.41) is 11.5. The van der Waals surface area contributed by atoms with Crippen LogP contribution < -0.4 is 14.2 Å². The first-order valence-corrected chi connectivity index (χ1v) is 14.2. The Morgan fingerprint density at radius 2 is 1.90 bits per heavy atom. The Hall–Kier alpha value is -3.52. The van der Waals surface area contributed by atoms with Crippen LogP contribution in [-0.2, 0) is 16.0 Å². The summed E-state index contributed by atoms with van der Waals surface area (Å²) in [4.78, 5) is 30.5. The minimum atomic E-state index is -0.755. The van der Waals surface area contributed by atoms with Crippen molar-refractivity contribution in [1.29, 1.82) is 0 Å². The molecule has 2 aromatic carbocycles. The van der Waals surface area contributed by atoms with Crippen LogP contribution in [0.4, 0.5) is 0 Å². The van der Waals surface area contributed by atoms with Gasteiger partial charge in [0.15, 0.2) is 11.5 Å². The summed E-state index contributed by atoms with van der Waals surface area (Å²) in [6.07, 6.45) is 2.35. The fourth-order valence-corrected chi connectivity index (χ4v) is 5.23. The molecule has 0 aromatic heterocycles. The van der Waals surface area contributed by atoms with E-state index in [-0.39, 0.29) is 17.4 Å². The second kappa shape index (κ2) is 12.8. The maximum absolute atomic E-state index is 13.5. The second-order valence-electron chi connectivity index (χ2n) is 11.3. The maximum Gasteiger partial charge on any atom is 0.295 e. The first-order valence-electron chi connectivity index (χ1n) is 14.2. The van der Waals surface area contributed by atoms with Crippen molar-refractivity contribution < 1.29 is 28.9 Å². The average Bonchev–Trinajstić information content (AvgIpc) is 3.39. The molecule has 2 heterocycles. The number of hydrogen-bond acceptors (Lipinski definition) is 7. The molecule has 8 nitrogen and oxygen atoms in total. The van der Waals surface area contributed by atoms with Crippen molar-refractivity contribution in [2.45, 2.75) is 59.1 Å². The Bertz CT molecular complexity index is 1270. The van der Waals surface area contributed by atoms with Gasteiger partial charge in [-0.25, -0.2) is 0 Å². The normalized spacial score (nSPS) is 19.9. The van der Waals surface area contributed by atoms with E-state index in [4.69, 9.17) is 14.2 Å². The molecule has 1 N–H and O–H groups in total. The molecule has 216 valence electrons. The van der Waals surface area contributed by atoms with E-state index in [0.717, 1.165) is 30.7 Å². The zero-order valence-electron chi connectivity index (χ0n) is 24.5. The van der Waals surface area contributed by atoms with E-state index in [0.29, 0.717) is 54.7 Å². The highest BCUT2D eigenvalue weighted by atomic mass is 16.5. The summed E-state index contributed by atoms with van der Waals surface area (Å²) in [5.41, 5.74) is 2.22. The number of rotatable bonds is 12. The van der Waals surface area contributed by atoms with E-state index in [1.165, 1.54) is 0 Å². The largest absolute Gasteiger partial charge is 0.507 e. The lowest BCUT2D eigenvalue weighted by molar-refractivity contribution is -0.139. The van der Waals surface area contributed by atoms with Gasteiger partial charge in [0.1, 0.15) is 17.6 Å². The molecule has 2 aromatic rings. The van der Waals surface area contributed by atoms with E-state index in [1.807, 2.05) is 63.2 Å². The minimum absolute atomic E-state index is 0.0490. The molecule has 0 radical (unpaired) electrons. The molecule has 1 amide bonds. The van der Waals surface area contributed by atoms with Crippen molar-refractivity contribution in [3.63, 3.8) is 0 Å². The Kier molecular flexibility index (Phi) is 9.40. The summed E-state index contributed by atoms with van der Waals surface area (Å²) in [6, 6.07) is 10.2. The molecule has 0 spiro atoms. The number of hydrogen-bond donors (Lipinski definition) is 1. The van der Waals surface area contributed by atoms with Gasteiger partial charge in [-0.2, -0.15) is 0 Å². The van der Waals surface area contributed by atoms with Crippen molar-refractivity contribution in [2.24, 2.45) is 5.92 Å². The molecule has 1 saturated heterocycles. The monoisotopic (exact) mass is 550 g/mol. The zero-order valence-corrected chi connectivity index (χ0v) is 24.5. The number of likely N-dealkylation sites (tertiary alicyclic amines) is 1. The first kappa shape index (κ1) is 29.5. The number of benzene rings is 2. The lowest BCUT2D eigenvalue weighted by atomic mass is 9.94. The van der Waals surface area contributed by atoms with Crippen molar-refractivity contribution in [3.8, 4) is 17.2 Å². The van der Waals surface area contributed by atoms with Crippen molar-refractivity contribution in [1.82, 2.24) is 9.80 Å². The van der Waals surface area contributed by atoms with Gasteiger partial charge in [-0.05, 0) is 94.7 Å². The van der Waals surface area contributed by atoms with Crippen LogP contribution in [0, 0.1) is 5.92 Å². The molecule has 8 heteroatoms. The lowest BCUT2D eigenvalue weighted by Gasteiger charge is -2.26. The third-order valence-electron chi connectivity index (χ3n) is 7.25. The van der Waals surface area contributed by atoms with E-state index < -0.39 is 17.7 Å². The van der Waals surface area contributed by atoms with Crippen molar-refractivity contribution in [2.75, 3.05) is 40.4 Å². The SMILES string of the molecule is CCOc1cc([C@@H]2C(=C(O)c3ccc4c(c3)C[C@H](C)O4)C(=O)C(=O)N2CCCN(C)C)ccc1OCCC(C)C. The fraction of sp³-hybridized carbons (Fsp3) is 0.500. The number of carbonyl (C=O) groups is 2. The molecule has 0 saturated carbocycles. The predicted molar refractivity (Wildman–Crippen MR) is 155 cm³/mol. The molecule has 4 rings (SSSR count). The number of nitrogens with zero attached hydrogens (tertiary/aromatic N) is 2. The van der Waals surface area contributed by atoms with Crippen LogP contribution in [0.5, 0.6) is 17.2 Å². The number of Topliss-reactive ketones (excluding diaryl/α,β-unsaturated/α-hetero) is 1. The molecule has 40 heavy (non-hydrogen) atoms. The molecular weight excluding hydrogens is 508 g/mol. The van der Waals surface area contributed by atoms with Crippen LogP contribution in [0.1, 0.15) is 63.3 Å². The van der Waals surface area contributed by atoms with E-state index in [2.05, 4.69) is 13.8 Å². The van der Waals surface area contributed by atoms with Gasteiger partial charge >= 0.3 is 0 Å². The maximum atomic E-state index is 13.5. The molecular formula is C32H42N2O6. The van der Waals surface area contributed by atoms with Gasteiger partial charge in [-0.1, -0.05) is 19.9 Å². The Labute approximate surface area is 237 Å². The molecule has 0 unspecified atom stereocenters. The second-order valence-corrected chi connectivity index (χ2v) is 11.3. The number of amides is 1. The lowest BCUT2D eigenvalue weighted by Crippen LogP contribution is -2.32. The standard InChI is InChI=1S/C32H42N2O6/c1-7-38-27-19-22(9-12-26(27)39-16-13-20(2)3)29-28(31(36)32(37)34(29)15-8-14-33(5)6)30(35)23-10-11-25-24(18-23)17-21(4)40-25/h9-12,18-21,29,35H,7-8,13-17H2,1-6H3/t21-,29+/m0/s1. The van der Waals surface area contributed by atoms with Gasteiger partial charge in [0, 0.05) is 18.5 Å². The van der Waals surface area contributed by atoms with Crippen LogP contribution in [0.15, 0.2) is 42.0 Å². The Morgan fingerprint density at radius 3 is 2.60 bits per heavy atom. The molecule has 2 aliphatic rings. The van der Waals surface area contributed by atoms with Gasteiger partial charge in [-0.3, -0.25) is 9.59 Å². The highest BCUT2D eigenvalue weighted by Crippen LogP contribution is 2.43. The number of ketones is 1. The summed E-state index contributed by atoms with van der Waals surface area (Å²) >= 11 is 0. The minimum Gasteiger partial charge on any atom is -0.507 e. The van der Waals surface area contributed by atoms with Crippen molar-refractivity contribution in [3.05, 3.63) is 58.7 Å². The number of aliphatic hydroxyl groups is 1. The summed E-state index contributed by atoms with van der Waals surface area (Å²) < 4.78 is 17.8. The smallest absolute Gasteiger partial charge is 0.295 e. The van der Waals surface area contributed by atoms with Crippen LogP contribution in [-0.4, -0.2) is 73.1 Å². The third-order valence-corrected chi connectivity index (χ3v) is 7.25. The van der Waals surface area contributed by atoms with Gasteiger partial charge in [-0.15, -0.1) is 0 Å². The Morgan fingerprint density at radius 1 is 1.12 bits per heavy atom. The van der Waals surface area contributed by atoms with E-state index in [1.54, 1.807) is 11.0 Å². The van der Waals surface area contributed by atoms with Crippen LogP contribution in [0.3, 0.4) is 0 Å². The topological polar surface area (TPSA) is 88.5 Å². The van der Waals surface area contributed by atoms with Gasteiger partial charge in [0.2, 0.25) is 0 Å². The third kappa shape index (κ3) is 6.44. The number of carbonyl (C=O) groups excluding carboxylic acids is 2. The van der Waals surface area contributed by atoms with Crippen LogP contribution >= 0.6 is 0 Å². The zero-order chi connectivity index (χ0) is 29.0. The highest BCUT2D eigenvalue weighted by Gasteiger charge is 2.46. The number of aliphatic hydroxyl groups excluding tert-OH is 1. The summed E-state index contributed by atoms with van der Waals surface area (Å²) in [5.74, 6) is 0.960.